The minimum Gasteiger partial charge on any atom is -0.325 e. The number of rotatable bonds is 2. The number of nitrogens with one attached hydrogen (secondary N) is 1. The van der Waals surface area contributed by atoms with E-state index in [1.165, 1.54) is 4.90 Å². The molecule has 2 aliphatic heterocycles. The molecule has 2 atom stereocenters. The lowest BCUT2D eigenvalue weighted by Gasteiger charge is -2.36. The van der Waals surface area contributed by atoms with Crippen molar-refractivity contribution in [1.82, 2.24) is 25.0 Å². The largest absolute Gasteiger partial charge is 0.325 e. The van der Waals surface area contributed by atoms with E-state index in [1.54, 1.807) is 7.05 Å². The van der Waals surface area contributed by atoms with Crippen LogP contribution in [0.1, 0.15) is 13.1 Å². The summed E-state index contributed by atoms with van der Waals surface area (Å²) in [5, 5.41) is 11.0. The molecular formula is C15H15BrN6O2. The number of urea groups is 1. The summed E-state index contributed by atoms with van der Waals surface area (Å²) in [6.07, 6.45) is -0.463. The van der Waals surface area contributed by atoms with Crippen LogP contribution in [0.2, 0.25) is 0 Å². The van der Waals surface area contributed by atoms with Crippen LogP contribution < -0.4 is 10.2 Å². The topological polar surface area (TPSA) is 83.4 Å². The van der Waals surface area contributed by atoms with Gasteiger partial charge in [-0.05, 0) is 19.1 Å². The van der Waals surface area contributed by atoms with Gasteiger partial charge in [0.05, 0.1) is 0 Å². The number of amides is 3. The summed E-state index contributed by atoms with van der Waals surface area (Å²) in [4.78, 5) is 27.9. The molecule has 1 aromatic carbocycles. The Balaban J connectivity index is 1.89. The fourth-order valence-corrected chi connectivity index (χ4v) is 3.60. The van der Waals surface area contributed by atoms with Gasteiger partial charge in [-0.25, -0.2) is 4.79 Å². The first-order valence-electron chi connectivity index (χ1n) is 7.58. The van der Waals surface area contributed by atoms with E-state index in [1.807, 2.05) is 40.7 Å². The fraction of sp³-hybridized carbons (Fsp3) is 0.333. The normalized spacial score (nSPS) is 22.5. The maximum Gasteiger partial charge on any atom is 0.325 e. The molecule has 1 saturated heterocycles. The molecule has 1 N–H and O–H groups in total. The first-order valence-corrected chi connectivity index (χ1v) is 8.37. The van der Waals surface area contributed by atoms with Gasteiger partial charge in [0.1, 0.15) is 6.17 Å². The van der Waals surface area contributed by atoms with Gasteiger partial charge < -0.3 is 9.80 Å². The van der Waals surface area contributed by atoms with Crippen LogP contribution in [-0.4, -0.2) is 51.2 Å². The lowest BCUT2D eigenvalue weighted by Crippen LogP contribution is -2.61. The molecule has 1 fully saturated rings. The molecule has 2 aliphatic rings. The Morgan fingerprint density at radius 2 is 1.92 bits per heavy atom. The number of likely N-dealkylation sites (N-methyl/N-ethyl adjacent to an activating group) is 2. The standard InChI is InChI=1S/C15H15BrN6O2/c1-3-21-10-12(23)17-15(24)20(2)13(10)22-11(18-19-14(21)22)8-4-6-9(16)7-5-8/h4-7,10,13H,3H2,1-2H3,(H,17,23,24). The van der Waals surface area contributed by atoms with Gasteiger partial charge in [-0.2, -0.15) is 0 Å². The minimum absolute atomic E-state index is 0.308. The second-order valence-corrected chi connectivity index (χ2v) is 6.67. The quantitative estimate of drug-likeness (QED) is 0.841. The Morgan fingerprint density at radius 1 is 1.21 bits per heavy atom. The fourth-order valence-electron chi connectivity index (χ4n) is 3.33. The van der Waals surface area contributed by atoms with Gasteiger partial charge in [0, 0.05) is 23.6 Å². The molecule has 2 aromatic rings. The molecule has 4 rings (SSSR count). The Labute approximate surface area is 146 Å². The van der Waals surface area contributed by atoms with Gasteiger partial charge in [-0.15, -0.1) is 10.2 Å². The Morgan fingerprint density at radius 3 is 2.58 bits per heavy atom. The summed E-state index contributed by atoms with van der Waals surface area (Å²) in [6.45, 7) is 2.54. The maximum atomic E-state index is 12.4. The number of carbonyl (C=O) groups excluding carboxylic acids is 2. The predicted octanol–water partition coefficient (Wildman–Crippen LogP) is 1.60. The Kier molecular flexibility index (Phi) is 3.34. The summed E-state index contributed by atoms with van der Waals surface area (Å²) >= 11 is 3.42. The summed E-state index contributed by atoms with van der Waals surface area (Å²) in [5.41, 5.74) is 0.875. The number of imide groups is 1. The third-order valence-electron chi connectivity index (χ3n) is 4.48. The highest BCUT2D eigenvalue weighted by molar-refractivity contribution is 9.10. The van der Waals surface area contributed by atoms with E-state index in [0.29, 0.717) is 18.3 Å². The number of aromatic nitrogens is 3. The molecule has 2 unspecified atom stereocenters. The molecule has 24 heavy (non-hydrogen) atoms. The van der Waals surface area contributed by atoms with Crippen LogP contribution >= 0.6 is 15.9 Å². The second kappa shape index (κ2) is 5.30. The summed E-state index contributed by atoms with van der Waals surface area (Å²) in [7, 11) is 1.67. The summed E-state index contributed by atoms with van der Waals surface area (Å²) in [5.74, 6) is 0.928. The molecule has 3 amide bonds. The zero-order valence-corrected chi connectivity index (χ0v) is 14.7. The van der Waals surface area contributed by atoms with Crippen molar-refractivity contribution in [1.29, 1.82) is 0 Å². The zero-order chi connectivity index (χ0) is 17.0. The van der Waals surface area contributed by atoms with Crippen molar-refractivity contribution >= 4 is 33.8 Å². The van der Waals surface area contributed by atoms with Crippen molar-refractivity contribution in [2.75, 3.05) is 18.5 Å². The Bertz CT molecular complexity index is 833. The van der Waals surface area contributed by atoms with Crippen LogP contribution in [0.15, 0.2) is 28.7 Å². The van der Waals surface area contributed by atoms with Crippen molar-refractivity contribution in [2.24, 2.45) is 0 Å². The smallest absolute Gasteiger partial charge is 0.325 e. The highest BCUT2D eigenvalue weighted by Crippen LogP contribution is 2.40. The molecule has 1 aromatic heterocycles. The monoisotopic (exact) mass is 390 g/mol. The van der Waals surface area contributed by atoms with Crippen molar-refractivity contribution in [3.05, 3.63) is 28.7 Å². The van der Waals surface area contributed by atoms with Gasteiger partial charge >= 0.3 is 6.03 Å². The number of nitrogens with zero attached hydrogens (tertiary/aromatic N) is 5. The van der Waals surface area contributed by atoms with E-state index in [2.05, 4.69) is 31.4 Å². The van der Waals surface area contributed by atoms with Gasteiger partial charge in [0.25, 0.3) is 5.91 Å². The minimum atomic E-state index is -0.502. The number of fused-ring (bicyclic) bond motifs is 3. The molecular weight excluding hydrogens is 376 g/mol. The molecule has 9 heteroatoms. The average Bonchev–Trinajstić information content (AvgIpc) is 3.11. The highest BCUT2D eigenvalue weighted by atomic mass is 79.9. The van der Waals surface area contributed by atoms with Crippen LogP contribution in [0, 0.1) is 0 Å². The van der Waals surface area contributed by atoms with E-state index >= 15 is 0 Å². The third-order valence-corrected chi connectivity index (χ3v) is 5.01. The second-order valence-electron chi connectivity index (χ2n) is 5.75. The lowest BCUT2D eigenvalue weighted by atomic mass is 10.1. The van der Waals surface area contributed by atoms with E-state index in [4.69, 9.17) is 0 Å². The summed E-state index contributed by atoms with van der Waals surface area (Å²) < 4.78 is 2.83. The van der Waals surface area contributed by atoms with Crippen LogP contribution in [0.25, 0.3) is 11.4 Å². The van der Waals surface area contributed by atoms with Crippen molar-refractivity contribution in [3.63, 3.8) is 0 Å². The summed E-state index contributed by atoms with van der Waals surface area (Å²) in [6, 6.07) is 6.77. The van der Waals surface area contributed by atoms with E-state index in [0.717, 1.165) is 10.0 Å². The number of hydrogen-bond donors (Lipinski definition) is 1. The van der Waals surface area contributed by atoms with Crippen molar-refractivity contribution < 1.29 is 9.59 Å². The van der Waals surface area contributed by atoms with Gasteiger partial charge in [0.15, 0.2) is 11.9 Å². The van der Waals surface area contributed by atoms with E-state index in [9.17, 15) is 9.59 Å². The maximum absolute atomic E-state index is 12.4. The van der Waals surface area contributed by atoms with Gasteiger partial charge in [-0.3, -0.25) is 14.7 Å². The van der Waals surface area contributed by atoms with Gasteiger partial charge in [0.2, 0.25) is 5.95 Å². The Hall–Kier alpha value is -2.42. The molecule has 0 spiro atoms. The molecule has 0 bridgehead atoms. The highest BCUT2D eigenvalue weighted by Gasteiger charge is 2.51. The van der Waals surface area contributed by atoms with Crippen LogP contribution in [-0.2, 0) is 4.79 Å². The lowest BCUT2D eigenvalue weighted by molar-refractivity contribution is -0.124. The molecule has 8 nitrogen and oxygen atoms in total. The number of anilines is 1. The molecule has 0 aliphatic carbocycles. The molecule has 0 radical (unpaired) electrons. The zero-order valence-electron chi connectivity index (χ0n) is 13.1. The number of carbonyl (C=O) groups is 2. The van der Waals surface area contributed by atoms with Crippen LogP contribution in [0.5, 0.6) is 0 Å². The van der Waals surface area contributed by atoms with E-state index in [-0.39, 0.29) is 5.91 Å². The molecule has 3 heterocycles. The van der Waals surface area contributed by atoms with Gasteiger partial charge in [-0.1, -0.05) is 28.1 Å². The SMILES string of the molecule is CCN1c2nnc(-c3ccc(Br)cc3)n2C2C1C(=O)NC(=O)N2C. The predicted molar refractivity (Wildman–Crippen MR) is 90.3 cm³/mol. The average molecular weight is 391 g/mol. The third kappa shape index (κ3) is 1.97. The van der Waals surface area contributed by atoms with Crippen molar-refractivity contribution in [3.8, 4) is 11.4 Å². The first kappa shape index (κ1) is 15.1. The molecule has 124 valence electrons. The van der Waals surface area contributed by atoms with Crippen LogP contribution in [0.4, 0.5) is 10.7 Å². The number of benzene rings is 1. The first-order chi connectivity index (χ1) is 11.5. The number of halogens is 1. The van der Waals surface area contributed by atoms with Crippen molar-refractivity contribution in [2.45, 2.75) is 19.1 Å². The number of hydrogen-bond acceptors (Lipinski definition) is 5. The molecule has 0 saturated carbocycles. The van der Waals surface area contributed by atoms with E-state index < -0.39 is 18.2 Å². The van der Waals surface area contributed by atoms with Crippen LogP contribution in [0.3, 0.4) is 0 Å².